The maximum atomic E-state index is 12.5. The van der Waals surface area contributed by atoms with Crippen molar-refractivity contribution in [2.45, 2.75) is 39.2 Å². The van der Waals surface area contributed by atoms with Gasteiger partial charge >= 0.3 is 5.97 Å². The molecule has 1 aliphatic rings. The fourth-order valence-corrected chi connectivity index (χ4v) is 2.64. The van der Waals surface area contributed by atoms with Crippen LogP contribution < -0.4 is 4.74 Å². The predicted molar refractivity (Wildman–Crippen MR) is 82.8 cm³/mol. The molecule has 1 aliphatic heterocycles. The average Bonchev–Trinajstić information content (AvgIpc) is 2.53. The topological polar surface area (TPSA) is 66.8 Å². The molecule has 1 amide bonds. The van der Waals surface area contributed by atoms with Crippen molar-refractivity contribution in [3.63, 3.8) is 0 Å². The Morgan fingerprint density at radius 3 is 2.36 bits per heavy atom. The monoisotopic (exact) mass is 305 g/mol. The van der Waals surface area contributed by atoms with Gasteiger partial charge in [0.1, 0.15) is 5.75 Å². The molecule has 1 N–H and O–H groups in total. The number of carbonyl (C=O) groups is 2. The van der Waals surface area contributed by atoms with E-state index in [1.807, 2.05) is 38.1 Å². The standard InChI is InChI=1S/C17H23NO4/c1-3-15(22-14-6-4-12(2)5-7-14)16(19)18-10-8-13(9-11-18)17(20)21/h4-7,13,15H,3,8-11H2,1-2H3,(H,20,21). The molecule has 22 heavy (non-hydrogen) atoms. The summed E-state index contributed by atoms with van der Waals surface area (Å²) in [5.74, 6) is -0.463. The number of piperidine rings is 1. The van der Waals surface area contributed by atoms with E-state index in [1.165, 1.54) is 0 Å². The van der Waals surface area contributed by atoms with Crippen molar-refractivity contribution in [1.29, 1.82) is 0 Å². The first-order valence-electron chi connectivity index (χ1n) is 7.76. The van der Waals surface area contributed by atoms with Gasteiger partial charge < -0.3 is 14.7 Å². The molecular formula is C17H23NO4. The molecule has 1 fully saturated rings. The lowest BCUT2D eigenvalue weighted by molar-refractivity contribution is -0.147. The van der Waals surface area contributed by atoms with E-state index in [0.29, 0.717) is 38.1 Å². The highest BCUT2D eigenvalue weighted by molar-refractivity contribution is 5.81. The highest BCUT2D eigenvalue weighted by atomic mass is 16.5. The van der Waals surface area contributed by atoms with Gasteiger partial charge in [0.2, 0.25) is 0 Å². The summed E-state index contributed by atoms with van der Waals surface area (Å²) in [7, 11) is 0. The summed E-state index contributed by atoms with van der Waals surface area (Å²) >= 11 is 0. The number of carboxylic acid groups (broad SMARTS) is 1. The van der Waals surface area contributed by atoms with Crippen LogP contribution in [0.1, 0.15) is 31.7 Å². The molecule has 5 heteroatoms. The van der Waals surface area contributed by atoms with Crippen LogP contribution in [0.25, 0.3) is 0 Å². The summed E-state index contributed by atoms with van der Waals surface area (Å²) in [5.41, 5.74) is 1.14. The van der Waals surface area contributed by atoms with Gasteiger partial charge in [-0.1, -0.05) is 24.6 Å². The number of hydrogen-bond donors (Lipinski definition) is 1. The first-order valence-corrected chi connectivity index (χ1v) is 7.76. The van der Waals surface area contributed by atoms with Crippen molar-refractivity contribution in [2.24, 2.45) is 5.92 Å². The van der Waals surface area contributed by atoms with Crippen LogP contribution in [0, 0.1) is 12.8 Å². The maximum Gasteiger partial charge on any atom is 0.306 e. The third kappa shape index (κ3) is 4.00. The zero-order valence-corrected chi connectivity index (χ0v) is 13.1. The largest absolute Gasteiger partial charge is 0.481 e. The number of likely N-dealkylation sites (tertiary alicyclic amines) is 1. The number of ether oxygens (including phenoxy) is 1. The lowest BCUT2D eigenvalue weighted by Gasteiger charge is -2.32. The molecule has 5 nitrogen and oxygen atoms in total. The van der Waals surface area contributed by atoms with Gasteiger partial charge in [-0.2, -0.15) is 0 Å². The lowest BCUT2D eigenvalue weighted by atomic mass is 9.96. The van der Waals surface area contributed by atoms with Gasteiger partial charge in [0.25, 0.3) is 5.91 Å². The Morgan fingerprint density at radius 1 is 1.27 bits per heavy atom. The number of nitrogens with zero attached hydrogens (tertiary/aromatic N) is 1. The average molecular weight is 305 g/mol. The van der Waals surface area contributed by atoms with E-state index in [-0.39, 0.29) is 11.8 Å². The highest BCUT2D eigenvalue weighted by Crippen LogP contribution is 2.20. The van der Waals surface area contributed by atoms with Crippen molar-refractivity contribution in [3.05, 3.63) is 29.8 Å². The van der Waals surface area contributed by atoms with Crippen molar-refractivity contribution < 1.29 is 19.4 Å². The van der Waals surface area contributed by atoms with E-state index in [9.17, 15) is 9.59 Å². The number of rotatable bonds is 5. The minimum Gasteiger partial charge on any atom is -0.481 e. The van der Waals surface area contributed by atoms with Crippen molar-refractivity contribution in [1.82, 2.24) is 4.90 Å². The van der Waals surface area contributed by atoms with Crippen molar-refractivity contribution >= 4 is 11.9 Å². The third-order valence-electron chi connectivity index (χ3n) is 4.10. The second-order valence-electron chi connectivity index (χ2n) is 5.77. The summed E-state index contributed by atoms with van der Waals surface area (Å²) in [6.45, 7) is 4.90. The van der Waals surface area contributed by atoms with Crippen LogP contribution in [0.2, 0.25) is 0 Å². The fraction of sp³-hybridized carbons (Fsp3) is 0.529. The molecule has 1 atom stereocenters. The van der Waals surface area contributed by atoms with Crippen LogP contribution in [0.3, 0.4) is 0 Å². The quantitative estimate of drug-likeness (QED) is 0.907. The SMILES string of the molecule is CCC(Oc1ccc(C)cc1)C(=O)N1CCC(C(=O)O)CC1. The second kappa shape index (κ2) is 7.29. The smallest absolute Gasteiger partial charge is 0.306 e. The Bertz CT molecular complexity index is 518. The molecule has 1 aromatic rings. The summed E-state index contributed by atoms with van der Waals surface area (Å²) in [6, 6.07) is 7.62. The Kier molecular flexibility index (Phi) is 5.41. The van der Waals surface area contributed by atoms with E-state index >= 15 is 0 Å². The Balaban J connectivity index is 1.94. The molecule has 0 radical (unpaired) electrons. The van der Waals surface area contributed by atoms with E-state index in [4.69, 9.17) is 9.84 Å². The predicted octanol–water partition coefficient (Wildman–Crippen LogP) is 2.48. The molecule has 120 valence electrons. The first-order chi connectivity index (χ1) is 10.5. The van der Waals surface area contributed by atoms with Gasteiger partial charge in [0, 0.05) is 13.1 Å². The zero-order valence-electron chi connectivity index (χ0n) is 13.1. The van der Waals surface area contributed by atoms with Gasteiger partial charge in [0.15, 0.2) is 6.10 Å². The molecule has 0 aliphatic carbocycles. The van der Waals surface area contributed by atoms with Gasteiger partial charge in [-0.25, -0.2) is 0 Å². The molecule has 2 rings (SSSR count). The number of carboxylic acids is 1. The van der Waals surface area contributed by atoms with Crippen LogP contribution in [0.5, 0.6) is 5.75 Å². The van der Waals surface area contributed by atoms with Gasteiger partial charge in [-0.3, -0.25) is 9.59 Å². The van der Waals surface area contributed by atoms with Gasteiger partial charge in [0.05, 0.1) is 5.92 Å². The molecule has 1 aromatic carbocycles. The minimum absolute atomic E-state index is 0.0492. The lowest BCUT2D eigenvalue weighted by Crippen LogP contribution is -2.46. The second-order valence-corrected chi connectivity index (χ2v) is 5.77. The van der Waals surface area contributed by atoms with Crippen molar-refractivity contribution in [3.8, 4) is 5.75 Å². The molecule has 1 saturated heterocycles. The minimum atomic E-state index is -0.768. The Labute approximate surface area is 130 Å². The number of benzene rings is 1. The third-order valence-corrected chi connectivity index (χ3v) is 4.10. The first kappa shape index (κ1) is 16.3. The summed E-state index contributed by atoms with van der Waals surface area (Å²) in [4.78, 5) is 25.2. The fourth-order valence-electron chi connectivity index (χ4n) is 2.64. The van der Waals surface area contributed by atoms with E-state index in [2.05, 4.69) is 0 Å². The number of hydrogen-bond acceptors (Lipinski definition) is 3. The molecule has 0 spiro atoms. The Hall–Kier alpha value is -2.04. The maximum absolute atomic E-state index is 12.5. The molecule has 0 aromatic heterocycles. The van der Waals surface area contributed by atoms with Crippen molar-refractivity contribution in [2.75, 3.05) is 13.1 Å². The number of aliphatic carboxylic acids is 1. The van der Waals surface area contributed by atoms with E-state index < -0.39 is 12.1 Å². The van der Waals surface area contributed by atoms with Gasteiger partial charge in [-0.15, -0.1) is 0 Å². The molecular weight excluding hydrogens is 282 g/mol. The highest BCUT2D eigenvalue weighted by Gasteiger charge is 2.30. The van der Waals surface area contributed by atoms with E-state index in [0.717, 1.165) is 5.56 Å². The molecule has 1 heterocycles. The number of amides is 1. The molecule has 0 saturated carbocycles. The van der Waals surface area contributed by atoms with E-state index in [1.54, 1.807) is 4.90 Å². The number of aryl methyl sites for hydroxylation is 1. The Morgan fingerprint density at radius 2 is 1.86 bits per heavy atom. The van der Waals surface area contributed by atoms with Crippen LogP contribution in [-0.2, 0) is 9.59 Å². The molecule has 0 bridgehead atoms. The summed E-state index contributed by atoms with van der Waals surface area (Å²) in [6.07, 6.45) is 1.11. The van der Waals surface area contributed by atoms with Crippen LogP contribution in [-0.4, -0.2) is 41.1 Å². The van der Waals surface area contributed by atoms with Crippen LogP contribution in [0.15, 0.2) is 24.3 Å². The zero-order chi connectivity index (χ0) is 16.1. The number of carbonyl (C=O) groups excluding carboxylic acids is 1. The van der Waals surface area contributed by atoms with Crippen LogP contribution >= 0.6 is 0 Å². The van der Waals surface area contributed by atoms with Crippen LogP contribution in [0.4, 0.5) is 0 Å². The summed E-state index contributed by atoms with van der Waals surface area (Å²) in [5, 5.41) is 9.01. The molecule has 1 unspecified atom stereocenters. The van der Waals surface area contributed by atoms with Gasteiger partial charge in [-0.05, 0) is 38.3 Å². The normalized spacial score (nSPS) is 17.1. The summed E-state index contributed by atoms with van der Waals surface area (Å²) < 4.78 is 5.80.